The van der Waals surface area contributed by atoms with Gasteiger partial charge in [-0.1, -0.05) is 141 Å². The smallest absolute Gasteiger partial charge is 0.200 e. The standard InChI is InChI=1S/C48H66N8/c1-5-15-35(16-6-1)27-31-41-43(33-29-37-19-9-3-10-20-37)53-55-47(51-41)45-25-13-23-39(49-45)40-24-14-26-46(50-40)48-52-42(32-28-36-17-7-2-8-18-36)44(54-56-48)34-30-38-21-11-4-12-22-38/h13-14,23-26,35-38H,1-12,15-22,27-34H2. The van der Waals surface area contributed by atoms with Crippen LogP contribution in [0.25, 0.3) is 34.4 Å². The summed E-state index contributed by atoms with van der Waals surface area (Å²) >= 11 is 0. The molecule has 0 atom stereocenters. The van der Waals surface area contributed by atoms with Crippen LogP contribution in [0.1, 0.15) is 177 Å². The first-order valence-electron chi connectivity index (χ1n) is 23.1. The van der Waals surface area contributed by atoms with Gasteiger partial charge >= 0.3 is 0 Å². The molecule has 0 spiro atoms. The Morgan fingerprint density at radius 1 is 0.321 bits per heavy atom. The highest BCUT2D eigenvalue weighted by atomic mass is 15.2. The largest absolute Gasteiger partial charge is 0.243 e. The molecule has 4 saturated carbocycles. The lowest BCUT2D eigenvalue weighted by molar-refractivity contribution is 0.333. The van der Waals surface area contributed by atoms with Gasteiger partial charge in [-0.25, -0.2) is 19.9 Å². The van der Waals surface area contributed by atoms with E-state index in [9.17, 15) is 0 Å². The minimum atomic E-state index is 0.613. The molecule has 0 bridgehead atoms. The van der Waals surface area contributed by atoms with Gasteiger partial charge < -0.3 is 0 Å². The Kier molecular flexibility index (Phi) is 14.1. The van der Waals surface area contributed by atoms with Crippen molar-refractivity contribution in [2.24, 2.45) is 23.7 Å². The van der Waals surface area contributed by atoms with Crippen molar-refractivity contribution in [3.8, 4) is 34.4 Å². The van der Waals surface area contributed by atoms with E-state index < -0.39 is 0 Å². The number of aryl methyl sites for hydroxylation is 4. The Morgan fingerprint density at radius 3 is 0.964 bits per heavy atom. The lowest BCUT2D eigenvalue weighted by Crippen LogP contribution is -2.13. The van der Waals surface area contributed by atoms with Gasteiger partial charge in [0.15, 0.2) is 0 Å². The van der Waals surface area contributed by atoms with E-state index in [1.165, 1.54) is 154 Å². The molecule has 0 amide bonds. The second kappa shape index (κ2) is 20.1. The highest BCUT2D eigenvalue weighted by molar-refractivity contribution is 5.63. The van der Waals surface area contributed by atoms with Crippen molar-refractivity contribution < 1.29 is 0 Å². The third-order valence-electron chi connectivity index (χ3n) is 14.0. The van der Waals surface area contributed by atoms with Crippen molar-refractivity contribution in [3.05, 3.63) is 59.2 Å². The second-order valence-electron chi connectivity index (χ2n) is 18.0. The molecular weight excluding hydrogens is 689 g/mol. The van der Waals surface area contributed by atoms with Crippen molar-refractivity contribution in [2.45, 2.75) is 180 Å². The lowest BCUT2D eigenvalue weighted by atomic mass is 9.84. The van der Waals surface area contributed by atoms with Crippen molar-refractivity contribution in [2.75, 3.05) is 0 Å². The van der Waals surface area contributed by atoms with E-state index in [0.29, 0.717) is 11.6 Å². The number of nitrogens with zero attached hydrogens (tertiary/aromatic N) is 8. The number of rotatable bonds is 15. The maximum absolute atomic E-state index is 5.22. The predicted octanol–water partition coefficient (Wildman–Crippen LogP) is 11.9. The summed E-state index contributed by atoms with van der Waals surface area (Å²) < 4.78 is 0. The van der Waals surface area contributed by atoms with Crippen LogP contribution in [0.2, 0.25) is 0 Å². The molecule has 4 heterocycles. The van der Waals surface area contributed by atoms with E-state index in [-0.39, 0.29) is 0 Å². The first kappa shape index (κ1) is 39.2. The minimum absolute atomic E-state index is 0.613. The Hall–Kier alpha value is -3.68. The number of pyridine rings is 2. The van der Waals surface area contributed by atoms with Gasteiger partial charge in [-0.2, -0.15) is 10.2 Å². The third-order valence-corrected chi connectivity index (χ3v) is 14.0. The zero-order valence-corrected chi connectivity index (χ0v) is 34.2. The molecule has 4 fully saturated rings. The van der Waals surface area contributed by atoms with Crippen LogP contribution >= 0.6 is 0 Å². The van der Waals surface area contributed by atoms with Gasteiger partial charge in [0.2, 0.25) is 11.6 Å². The highest BCUT2D eigenvalue weighted by Gasteiger charge is 2.22. The summed E-state index contributed by atoms with van der Waals surface area (Å²) in [6, 6.07) is 12.1. The van der Waals surface area contributed by atoms with Gasteiger partial charge in [0.05, 0.1) is 34.2 Å². The fourth-order valence-electron chi connectivity index (χ4n) is 10.4. The third kappa shape index (κ3) is 10.8. The Morgan fingerprint density at radius 2 is 0.625 bits per heavy atom. The molecule has 0 radical (unpaired) electrons. The van der Waals surface area contributed by atoms with Crippen LogP contribution in [-0.4, -0.2) is 40.3 Å². The summed E-state index contributed by atoms with van der Waals surface area (Å²) in [5.74, 6) is 4.47. The summed E-state index contributed by atoms with van der Waals surface area (Å²) in [4.78, 5) is 20.6. The maximum atomic E-state index is 5.22. The van der Waals surface area contributed by atoms with Crippen LogP contribution in [0.5, 0.6) is 0 Å². The molecule has 4 aliphatic carbocycles. The van der Waals surface area contributed by atoms with Gasteiger partial charge in [-0.15, -0.1) is 10.2 Å². The summed E-state index contributed by atoms with van der Waals surface area (Å²) in [5.41, 5.74) is 7.53. The zero-order chi connectivity index (χ0) is 37.8. The number of hydrogen-bond acceptors (Lipinski definition) is 8. The fourth-order valence-corrected chi connectivity index (χ4v) is 10.4. The molecule has 4 aromatic heterocycles. The number of aromatic nitrogens is 8. The van der Waals surface area contributed by atoms with Crippen LogP contribution in [-0.2, 0) is 25.7 Å². The van der Waals surface area contributed by atoms with Gasteiger partial charge in [-0.05, 0) is 99.3 Å². The lowest BCUT2D eigenvalue weighted by Gasteiger charge is -2.22. The summed E-state index contributed by atoms with van der Waals surface area (Å²) in [7, 11) is 0. The van der Waals surface area contributed by atoms with Crippen LogP contribution in [0.4, 0.5) is 0 Å². The molecule has 4 aliphatic rings. The monoisotopic (exact) mass is 755 g/mol. The Labute approximate surface area is 336 Å². The topological polar surface area (TPSA) is 103 Å². The van der Waals surface area contributed by atoms with Gasteiger partial charge in [0, 0.05) is 0 Å². The van der Waals surface area contributed by atoms with E-state index in [1.807, 2.05) is 36.4 Å². The molecule has 8 nitrogen and oxygen atoms in total. The van der Waals surface area contributed by atoms with E-state index in [2.05, 4.69) is 0 Å². The normalized spacial score (nSPS) is 19.4. The average Bonchev–Trinajstić information content (AvgIpc) is 3.28. The van der Waals surface area contributed by atoms with E-state index in [1.54, 1.807) is 0 Å². The SMILES string of the molecule is c1cc(-c2cccc(-c3nnc(CCC4CCCCC4)c(CCC4CCCCC4)n3)n2)nc(-c2nnc(CCC3CCCCC3)c(CCC3CCCCC3)n2)c1. The van der Waals surface area contributed by atoms with E-state index >= 15 is 0 Å². The quantitative estimate of drug-likeness (QED) is 0.118. The molecule has 0 aliphatic heterocycles. The molecule has 4 aromatic rings. The fraction of sp³-hybridized carbons (Fsp3) is 0.667. The highest BCUT2D eigenvalue weighted by Crippen LogP contribution is 2.32. The average molecular weight is 755 g/mol. The summed E-state index contributed by atoms with van der Waals surface area (Å²) in [6.45, 7) is 0. The van der Waals surface area contributed by atoms with Crippen LogP contribution < -0.4 is 0 Å². The second-order valence-corrected chi connectivity index (χ2v) is 18.0. The zero-order valence-electron chi connectivity index (χ0n) is 34.2. The Balaban J connectivity index is 1.01. The van der Waals surface area contributed by atoms with Crippen molar-refractivity contribution in [1.82, 2.24) is 40.3 Å². The summed E-state index contributed by atoms with van der Waals surface area (Å²) in [6.07, 6.45) is 36.1. The molecule has 0 unspecified atom stereocenters. The van der Waals surface area contributed by atoms with Crippen LogP contribution in [0, 0.1) is 23.7 Å². The predicted molar refractivity (Wildman–Crippen MR) is 225 cm³/mol. The molecule has 0 aromatic carbocycles. The van der Waals surface area contributed by atoms with Crippen LogP contribution in [0.3, 0.4) is 0 Å². The maximum Gasteiger partial charge on any atom is 0.200 e. The molecule has 0 saturated heterocycles. The molecule has 8 heteroatoms. The van der Waals surface area contributed by atoms with Gasteiger partial charge in [0.25, 0.3) is 0 Å². The first-order valence-corrected chi connectivity index (χ1v) is 23.1. The van der Waals surface area contributed by atoms with Gasteiger partial charge in [0.1, 0.15) is 11.4 Å². The minimum Gasteiger partial charge on any atom is -0.243 e. The first-order chi connectivity index (χ1) is 27.7. The molecule has 56 heavy (non-hydrogen) atoms. The van der Waals surface area contributed by atoms with Crippen molar-refractivity contribution >= 4 is 0 Å². The molecule has 298 valence electrons. The summed E-state index contributed by atoms with van der Waals surface area (Å²) in [5, 5.41) is 19.2. The van der Waals surface area contributed by atoms with E-state index in [4.69, 9.17) is 40.3 Å². The number of hydrogen-bond donors (Lipinski definition) is 0. The van der Waals surface area contributed by atoms with Crippen molar-refractivity contribution in [1.29, 1.82) is 0 Å². The molecular formula is C48H66N8. The van der Waals surface area contributed by atoms with Gasteiger partial charge in [-0.3, -0.25) is 0 Å². The molecule has 8 rings (SSSR count). The van der Waals surface area contributed by atoms with E-state index in [0.717, 1.165) is 94.9 Å². The van der Waals surface area contributed by atoms with Crippen LogP contribution in [0.15, 0.2) is 36.4 Å². The van der Waals surface area contributed by atoms with Crippen molar-refractivity contribution in [3.63, 3.8) is 0 Å². The Bertz CT molecular complexity index is 1680. The molecule has 0 N–H and O–H groups in total.